The minimum atomic E-state index is -2.58. The molecule has 2 atom stereocenters. The summed E-state index contributed by atoms with van der Waals surface area (Å²) in [6.45, 7) is 9.24. The molecule has 1 aliphatic heterocycles. The first-order chi connectivity index (χ1) is 15.9. The highest BCUT2D eigenvalue weighted by Crippen LogP contribution is 2.37. The standard InChI is InChI=1S/C29H34N2OSi/c1-29(2,3)33(27-15-9-5-10-16-27,28-17-11-6-12-18-28)32-23-26-19-25(20-30)22-31(26)21-24-13-7-4-8-14-24/h4-18,25-26H,19,21-23H2,1-3H3. The molecule has 2 unspecified atom stereocenters. The van der Waals surface area contributed by atoms with Crippen LogP contribution in [0.1, 0.15) is 32.8 Å². The fraction of sp³-hybridized carbons (Fsp3) is 0.345. The fourth-order valence-corrected chi connectivity index (χ4v) is 9.84. The van der Waals surface area contributed by atoms with Gasteiger partial charge in [-0.25, -0.2) is 0 Å². The molecule has 1 fully saturated rings. The van der Waals surface area contributed by atoms with Crippen molar-refractivity contribution in [3.63, 3.8) is 0 Å². The average molecular weight is 455 g/mol. The third kappa shape index (κ3) is 4.96. The number of hydrogen-bond acceptors (Lipinski definition) is 3. The van der Waals surface area contributed by atoms with Gasteiger partial charge in [0.1, 0.15) is 0 Å². The number of likely N-dealkylation sites (tertiary alicyclic amines) is 1. The first kappa shape index (κ1) is 23.4. The largest absolute Gasteiger partial charge is 0.406 e. The van der Waals surface area contributed by atoms with Crippen molar-refractivity contribution < 1.29 is 4.43 Å². The molecule has 3 nitrogen and oxygen atoms in total. The smallest absolute Gasteiger partial charge is 0.261 e. The predicted molar refractivity (Wildman–Crippen MR) is 138 cm³/mol. The second-order valence-corrected chi connectivity index (χ2v) is 14.4. The van der Waals surface area contributed by atoms with Gasteiger partial charge in [-0.3, -0.25) is 4.90 Å². The maximum absolute atomic E-state index is 9.67. The number of rotatable bonds is 7. The lowest BCUT2D eigenvalue weighted by Crippen LogP contribution is -2.67. The molecule has 170 valence electrons. The molecule has 3 aromatic carbocycles. The highest BCUT2D eigenvalue weighted by Gasteiger charge is 2.50. The van der Waals surface area contributed by atoms with Crippen molar-refractivity contribution in [2.24, 2.45) is 5.92 Å². The van der Waals surface area contributed by atoms with Crippen LogP contribution in [-0.2, 0) is 11.0 Å². The van der Waals surface area contributed by atoms with Gasteiger partial charge < -0.3 is 4.43 Å². The molecule has 1 saturated heterocycles. The van der Waals surface area contributed by atoms with Crippen molar-refractivity contribution in [2.45, 2.75) is 44.8 Å². The molecule has 33 heavy (non-hydrogen) atoms. The highest BCUT2D eigenvalue weighted by molar-refractivity contribution is 6.99. The molecule has 0 N–H and O–H groups in total. The van der Waals surface area contributed by atoms with E-state index >= 15 is 0 Å². The Bertz CT molecular complexity index is 1020. The third-order valence-corrected chi connectivity index (χ3v) is 11.9. The summed E-state index contributed by atoms with van der Waals surface area (Å²) in [5, 5.41) is 12.2. The Labute approximate surface area is 199 Å². The van der Waals surface area contributed by atoms with Gasteiger partial charge in [-0.15, -0.1) is 0 Å². The van der Waals surface area contributed by atoms with E-state index in [1.807, 2.05) is 0 Å². The normalized spacial score (nSPS) is 19.3. The lowest BCUT2D eigenvalue weighted by atomic mass is 10.1. The van der Waals surface area contributed by atoms with E-state index in [4.69, 9.17) is 4.43 Å². The van der Waals surface area contributed by atoms with Crippen LogP contribution in [0.2, 0.25) is 5.04 Å². The van der Waals surface area contributed by atoms with Crippen molar-refractivity contribution >= 4 is 18.7 Å². The molecule has 1 heterocycles. The van der Waals surface area contributed by atoms with Crippen molar-refractivity contribution in [1.29, 1.82) is 5.26 Å². The Morgan fingerprint density at radius 3 is 1.88 bits per heavy atom. The molecule has 0 radical (unpaired) electrons. The first-order valence-electron chi connectivity index (χ1n) is 11.9. The Kier molecular flexibility index (Phi) is 7.14. The summed E-state index contributed by atoms with van der Waals surface area (Å²) in [6, 6.07) is 34.9. The fourth-order valence-electron chi connectivity index (χ4n) is 5.25. The summed E-state index contributed by atoms with van der Waals surface area (Å²) in [6.07, 6.45) is 0.863. The summed E-state index contributed by atoms with van der Waals surface area (Å²) < 4.78 is 7.20. The van der Waals surface area contributed by atoms with Crippen LogP contribution in [0.3, 0.4) is 0 Å². The second-order valence-electron chi connectivity index (χ2n) is 10.1. The molecular weight excluding hydrogens is 420 g/mol. The number of nitriles is 1. The van der Waals surface area contributed by atoms with E-state index in [2.05, 4.69) is 123 Å². The molecule has 0 amide bonds. The average Bonchev–Trinajstić information content (AvgIpc) is 3.22. The Hall–Kier alpha value is -2.71. The summed E-state index contributed by atoms with van der Waals surface area (Å²) in [4.78, 5) is 2.45. The van der Waals surface area contributed by atoms with Gasteiger partial charge in [0.2, 0.25) is 0 Å². The van der Waals surface area contributed by atoms with E-state index in [0.717, 1.165) is 19.5 Å². The quantitative estimate of drug-likeness (QED) is 0.473. The van der Waals surface area contributed by atoms with Gasteiger partial charge in [0, 0.05) is 19.1 Å². The summed E-state index contributed by atoms with van der Waals surface area (Å²) in [7, 11) is -2.58. The monoisotopic (exact) mass is 454 g/mol. The van der Waals surface area contributed by atoms with Gasteiger partial charge in [0.05, 0.1) is 18.6 Å². The summed E-state index contributed by atoms with van der Waals surface area (Å²) in [5.74, 6) is 0.0569. The van der Waals surface area contributed by atoms with Crippen LogP contribution in [-0.4, -0.2) is 32.4 Å². The van der Waals surface area contributed by atoms with Gasteiger partial charge in [0.25, 0.3) is 8.32 Å². The van der Waals surface area contributed by atoms with E-state index in [0.29, 0.717) is 6.61 Å². The van der Waals surface area contributed by atoms with Gasteiger partial charge >= 0.3 is 0 Å². The molecule has 0 bridgehead atoms. The number of nitrogens with zero attached hydrogens (tertiary/aromatic N) is 2. The van der Waals surface area contributed by atoms with Crippen LogP contribution >= 0.6 is 0 Å². The zero-order valence-electron chi connectivity index (χ0n) is 19.9. The van der Waals surface area contributed by atoms with Gasteiger partial charge in [-0.2, -0.15) is 5.26 Å². The molecule has 4 heteroatoms. The van der Waals surface area contributed by atoms with Crippen molar-refractivity contribution in [1.82, 2.24) is 4.90 Å². The van der Waals surface area contributed by atoms with Crippen LogP contribution in [0.5, 0.6) is 0 Å². The zero-order chi connectivity index (χ0) is 23.3. The maximum Gasteiger partial charge on any atom is 0.261 e. The predicted octanol–water partition coefficient (Wildman–Crippen LogP) is 4.98. The van der Waals surface area contributed by atoms with E-state index in [1.165, 1.54) is 15.9 Å². The molecular formula is C29H34N2OSi. The summed E-state index contributed by atoms with van der Waals surface area (Å²) in [5.41, 5.74) is 1.28. The Morgan fingerprint density at radius 2 is 1.39 bits per heavy atom. The summed E-state index contributed by atoms with van der Waals surface area (Å²) >= 11 is 0. The third-order valence-electron chi connectivity index (χ3n) is 6.85. The molecule has 4 rings (SSSR count). The van der Waals surface area contributed by atoms with Crippen molar-refractivity contribution in [3.8, 4) is 6.07 Å². The minimum Gasteiger partial charge on any atom is -0.406 e. The molecule has 0 saturated carbocycles. The number of hydrogen-bond donors (Lipinski definition) is 0. The Morgan fingerprint density at radius 1 is 0.879 bits per heavy atom. The Balaban J connectivity index is 1.67. The SMILES string of the molecule is CC(C)(C)[Si](OCC1CC(C#N)CN1Cc1ccccc1)(c1ccccc1)c1ccccc1. The molecule has 0 spiro atoms. The van der Waals surface area contributed by atoms with Crippen LogP contribution in [0, 0.1) is 17.2 Å². The van der Waals surface area contributed by atoms with Crippen LogP contribution in [0.25, 0.3) is 0 Å². The minimum absolute atomic E-state index is 0.0484. The highest BCUT2D eigenvalue weighted by atomic mass is 28.4. The van der Waals surface area contributed by atoms with Crippen molar-refractivity contribution in [2.75, 3.05) is 13.2 Å². The van der Waals surface area contributed by atoms with E-state index in [1.54, 1.807) is 0 Å². The number of benzene rings is 3. The molecule has 1 aliphatic rings. The molecule has 0 aliphatic carbocycles. The maximum atomic E-state index is 9.67. The first-order valence-corrected chi connectivity index (χ1v) is 13.8. The topological polar surface area (TPSA) is 36.3 Å². The van der Waals surface area contributed by atoms with Crippen LogP contribution < -0.4 is 10.4 Å². The van der Waals surface area contributed by atoms with Gasteiger partial charge in [-0.1, -0.05) is 112 Å². The van der Waals surface area contributed by atoms with Gasteiger partial charge in [-0.05, 0) is 27.4 Å². The van der Waals surface area contributed by atoms with E-state index < -0.39 is 8.32 Å². The zero-order valence-corrected chi connectivity index (χ0v) is 20.9. The van der Waals surface area contributed by atoms with Crippen molar-refractivity contribution in [3.05, 3.63) is 96.6 Å². The van der Waals surface area contributed by atoms with Crippen LogP contribution in [0.4, 0.5) is 0 Å². The van der Waals surface area contributed by atoms with E-state index in [-0.39, 0.29) is 17.0 Å². The molecule has 3 aromatic rings. The lowest BCUT2D eigenvalue weighted by Gasteiger charge is -2.44. The van der Waals surface area contributed by atoms with Gasteiger partial charge in [0.15, 0.2) is 0 Å². The molecule has 0 aromatic heterocycles. The van der Waals surface area contributed by atoms with E-state index in [9.17, 15) is 5.26 Å². The van der Waals surface area contributed by atoms with Crippen LogP contribution in [0.15, 0.2) is 91.0 Å². The lowest BCUT2D eigenvalue weighted by molar-refractivity contribution is 0.160. The second kappa shape index (κ2) is 10.1.